The number of carboxylic acid groups (broad SMARTS) is 1. The molecule has 0 atom stereocenters. The van der Waals surface area contributed by atoms with Gasteiger partial charge in [0, 0.05) is 0 Å². The topological polar surface area (TPSA) is 55.8 Å². The number of hydrogen-bond donors (Lipinski definition) is 1. The van der Waals surface area contributed by atoms with Crippen LogP contribution < -0.4 is 9.47 Å². The number of hydrogen-bond acceptors (Lipinski definition) is 3. The van der Waals surface area contributed by atoms with E-state index in [9.17, 15) is 18.7 Å². The van der Waals surface area contributed by atoms with Crippen molar-refractivity contribution < 1.29 is 28.2 Å². The average molecular weight is 384 g/mol. The zero-order valence-electron chi connectivity index (χ0n) is 15.1. The maximum atomic E-state index is 14.3. The molecule has 28 heavy (non-hydrogen) atoms. The minimum Gasteiger partial charge on any atom is -0.491 e. The first-order chi connectivity index (χ1) is 13.5. The van der Waals surface area contributed by atoms with Gasteiger partial charge in [-0.1, -0.05) is 19.1 Å². The van der Waals surface area contributed by atoms with E-state index in [4.69, 9.17) is 9.47 Å². The standard InChI is InChI=1S/C22H18F2O4/c1-2-11-27-20-10-4-14(12-19(20)24)15-3-9-18(22(25)26)21(13-15)28-17-7-5-16(23)6-8-17/h3-10,12-13H,2,11H2,1H3,(H,25,26). The largest absolute Gasteiger partial charge is 0.491 e. The van der Waals surface area contributed by atoms with Gasteiger partial charge in [-0.2, -0.15) is 0 Å². The number of carbonyl (C=O) groups is 1. The maximum Gasteiger partial charge on any atom is 0.339 e. The highest BCUT2D eigenvalue weighted by Gasteiger charge is 2.15. The molecule has 0 aromatic heterocycles. The molecule has 4 nitrogen and oxygen atoms in total. The fourth-order valence-electron chi connectivity index (χ4n) is 2.60. The van der Waals surface area contributed by atoms with Crippen molar-refractivity contribution in [1.82, 2.24) is 0 Å². The van der Waals surface area contributed by atoms with Crippen molar-refractivity contribution in [2.24, 2.45) is 0 Å². The number of aromatic carboxylic acids is 1. The Morgan fingerprint density at radius 1 is 0.929 bits per heavy atom. The van der Waals surface area contributed by atoms with Crippen LogP contribution in [0.1, 0.15) is 23.7 Å². The van der Waals surface area contributed by atoms with Crippen LogP contribution in [0.25, 0.3) is 11.1 Å². The van der Waals surface area contributed by atoms with E-state index in [1.165, 1.54) is 48.5 Å². The lowest BCUT2D eigenvalue weighted by Crippen LogP contribution is -2.01. The number of carboxylic acids is 1. The summed E-state index contributed by atoms with van der Waals surface area (Å²) in [5.74, 6) is -1.58. The summed E-state index contributed by atoms with van der Waals surface area (Å²) in [5, 5.41) is 9.40. The molecule has 0 saturated carbocycles. The zero-order chi connectivity index (χ0) is 20.1. The minimum absolute atomic E-state index is 0.0588. The van der Waals surface area contributed by atoms with E-state index in [0.717, 1.165) is 6.42 Å². The van der Waals surface area contributed by atoms with Crippen molar-refractivity contribution in [3.05, 3.63) is 77.9 Å². The van der Waals surface area contributed by atoms with Crippen LogP contribution in [0.2, 0.25) is 0 Å². The van der Waals surface area contributed by atoms with Gasteiger partial charge >= 0.3 is 5.97 Å². The number of ether oxygens (including phenoxy) is 2. The molecule has 0 bridgehead atoms. The molecule has 3 rings (SSSR count). The van der Waals surface area contributed by atoms with Crippen molar-refractivity contribution >= 4 is 5.97 Å². The Kier molecular flexibility index (Phi) is 5.89. The molecule has 0 spiro atoms. The Hall–Kier alpha value is -3.41. The SMILES string of the molecule is CCCOc1ccc(-c2ccc(C(=O)O)c(Oc3ccc(F)cc3)c2)cc1F. The molecule has 3 aromatic rings. The van der Waals surface area contributed by atoms with Crippen LogP contribution in [0.5, 0.6) is 17.2 Å². The van der Waals surface area contributed by atoms with Crippen LogP contribution in [0.3, 0.4) is 0 Å². The summed E-state index contributed by atoms with van der Waals surface area (Å²) < 4.78 is 38.3. The van der Waals surface area contributed by atoms with E-state index < -0.39 is 17.6 Å². The summed E-state index contributed by atoms with van der Waals surface area (Å²) in [5.41, 5.74) is 1.06. The summed E-state index contributed by atoms with van der Waals surface area (Å²) in [6, 6.07) is 14.2. The second-order valence-electron chi connectivity index (χ2n) is 6.07. The first kappa shape index (κ1) is 19.4. The van der Waals surface area contributed by atoms with Crippen molar-refractivity contribution in [3.63, 3.8) is 0 Å². The summed E-state index contributed by atoms with van der Waals surface area (Å²) in [6.45, 7) is 2.35. The van der Waals surface area contributed by atoms with E-state index in [2.05, 4.69) is 0 Å². The third kappa shape index (κ3) is 4.46. The van der Waals surface area contributed by atoms with Gasteiger partial charge in [-0.3, -0.25) is 0 Å². The molecule has 0 aliphatic carbocycles. The molecule has 0 aliphatic heterocycles. The molecule has 0 aliphatic rings. The van der Waals surface area contributed by atoms with E-state index in [-0.39, 0.29) is 22.8 Å². The lowest BCUT2D eigenvalue weighted by Gasteiger charge is -2.12. The fourth-order valence-corrected chi connectivity index (χ4v) is 2.60. The zero-order valence-corrected chi connectivity index (χ0v) is 15.1. The van der Waals surface area contributed by atoms with Gasteiger partial charge in [-0.15, -0.1) is 0 Å². The Morgan fingerprint density at radius 3 is 2.25 bits per heavy atom. The monoisotopic (exact) mass is 384 g/mol. The second-order valence-corrected chi connectivity index (χ2v) is 6.07. The predicted octanol–water partition coefficient (Wildman–Crippen LogP) is 5.91. The molecule has 6 heteroatoms. The minimum atomic E-state index is -1.17. The highest BCUT2D eigenvalue weighted by molar-refractivity contribution is 5.92. The third-order valence-corrected chi connectivity index (χ3v) is 3.98. The lowest BCUT2D eigenvalue weighted by molar-refractivity contribution is 0.0694. The van der Waals surface area contributed by atoms with Crippen molar-refractivity contribution in [3.8, 4) is 28.4 Å². The molecule has 0 fully saturated rings. The Bertz CT molecular complexity index is 984. The van der Waals surface area contributed by atoms with Crippen LogP contribution in [-0.2, 0) is 0 Å². The normalized spacial score (nSPS) is 10.5. The van der Waals surface area contributed by atoms with Gasteiger partial charge < -0.3 is 14.6 Å². The number of rotatable bonds is 7. The molecular weight excluding hydrogens is 366 g/mol. The van der Waals surface area contributed by atoms with Gasteiger partial charge in [0.25, 0.3) is 0 Å². The van der Waals surface area contributed by atoms with Gasteiger partial charge in [0.1, 0.15) is 22.9 Å². The van der Waals surface area contributed by atoms with Crippen molar-refractivity contribution in [2.75, 3.05) is 6.61 Å². The van der Waals surface area contributed by atoms with Gasteiger partial charge in [-0.05, 0) is 66.1 Å². The molecule has 0 saturated heterocycles. The van der Waals surface area contributed by atoms with Crippen LogP contribution in [0.4, 0.5) is 8.78 Å². The highest BCUT2D eigenvalue weighted by atomic mass is 19.1. The number of halogens is 2. The Morgan fingerprint density at radius 2 is 1.61 bits per heavy atom. The Labute approximate surface area is 161 Å². The Balaban J connectivity index is 1.95. The quantitative estimate of drug-likeness (QED) is 0.550. The average Bonchev–Trinajstić information content (AvgIpc) is 2.68. The molecule has 0 amide bonds. The summed E-state index contributed by atoms with van der Waals surface area (Å²) in [6.07, 6.45) is 0.766. The van der Waals surface area contributed by atoms with Crippen LogP contribution in [0, 0.1) is 11.6 Å². The molecule has 3 aromatic carbocycles. The van der Waals surface area contributed by atoms with E-state index in [1.54, 1.807) is 12.1 Å². The summed E-state index contributed by atoms with van der Waals surface area (Å²) in [7, 11) is 0. The van der Waals surface area contributed by atoms with Gasteiger partial charge in [-0.25, -0.2) is 13.6 Å². The first-order valence-corrected chi connectivity index (χ1v) is 8.71. The maximum absolute atomic E-state index is 14.3. The molecule has 1 N–H and O–H groups in total. The van der Waals surface area contributed by atoms with E-state index in [0.29, 0.717) is 17.7 Å². The summed E-state index contributed by atoms with van der Waals surface area (Å²) in [4.78, 5) is 11.5. The highest BCUT2D eigenvalue weighted by Crippen LogP contribution is 2.32. The smallest absolute Gasteiger partial charge is 0.339 e. The van der Waals surface area contributed by atoms with Crippen LogP contribution >= 0.6 is 0 Å². The predicted molar refractivity (Wildman–Crippen MR) is 101 cm³/mol. The summed E-state index contributed by atoms with van der Waals surface area (Å²) >= 11 is 0. The molecular formula is C22H18F2O4. The van der Waals surface area contributed by atoms with E-state index in [1.807, 2.05) is 6.92 Å². The molecule has 144 valence electrons. The molecule has 0 heterocycles. The lowest BCUT2D eigenvalue weighted by atomic mass is 10.0. The first-order valence-electron chi connectivity index (χ1n) is 8.71. The van der Waals surface area contributed by atoms with Gasteiger partial charge in [0.05, 0.1) is 6.61 Å². The van der Waals surface area contributed by atoms with Gasteiger partial charge in [0.2, 0.25) is 0 Å². The fraction of sp³-hybridized carbons (Fsp3) is 0.136. The van der Waals surface area contributed by atoms with Crippen molar-refractivity contribution in [2.45, 2.75) is 13.3 Å². The molecule has 0 radical (unpaired) electrons. The molecule has 0 unspecified atom stereocenters. The van der Waals surface area contributed by atoms with Crippen molar-refractivity contribution in [1.29, 1.82) is 0 Å². The number of benzene rings is 3. The second kappa shape index (κ2) is 8.52. The van der Waals surface area contributed by atoms with Crippen LogP contribution in [-0.4, -0.2) is 17.7 Å². The van der Waals surface area contributed by atoms with Gasteiger partial charge in [0.15, 0.2) is 11.6 Å². The third-order valence-electron chi connectivity index (χ3n) is 3.98. The van der Waals surface area contributed by atoms with Crippen LogP contribution in [0.15, 0.2) is 60.7 Å². The van der Waals surface area contributed by atoms with E-state index >= 15 is 0 Å².